The second-order valence-corrected chi connectivity index (χ2v) is 9.36. The van der Waals surface area contributed by atoms with Gasteiger partial charge in [0.1, 0.15) is 0 Å². The van der Waals surface area contributed by atoms with Crippen molar-refractivity contribution in [2.45, 2.75) is 5.41 Å². The van der Waals surface area contributed by atoms with Crippen molar-refractivity contribution in [1.29, 1.82) is 0 Å². The molecule has 0 amide bonds. The van der Waals surface area contributed by atoms with Gasteiger partial charge in [-0.3, -0.25) is 0 Å². The predicted molar refractivity (Wildman–Crippen MR) is 124 cm³/mol. The number of hydrogen-bond donors (Lipinski definition) is 0. The molecule has 6 rings (SSSR count). The zero-order valence-corrected chi connectivity index (χ0v) is 17.2. The summed E-state index contributed by atoms with van der Waals surface area (Å²) in [6.45, 7) is 0. The summed E-state index contributed by atoms with van der Waals surface area (Å²) in [4.78, 5) is 1.51. The molecule has 4 aromatic rings. The molecule has 136 valence electrons. The Morgan fingerprint density at radius 3 is 2.28 bits per heavy atom. The average molecular weight is 385 g/mol. The fourth-order valence-corrected chi connectivity index (χ4v) is 6.65. The van der Waals surface area contributed by atoms with Crippen LogP contribution >= 0.6 is 0 Å². The van der Waals surface area contributed by atoms with Crippen LogP contribution in [0.3, 0.4) is 0 Å². The van der Waals surface area contributed by atoms with E-state index < -0.39 is 0 Å². The molecule has 1 heterocycles. The lowest BCUT2D eigenvalue weighted by atomic mass is 9.66. The highest BCUT2D eigenvalue weighted by molar-refractivity contribution is 6.45. The summed E-state index contributed by atoms with van der Waals surface area (Å²) in [7, 11) is 0.136. The minimum Gasteiger partial charge on any atom is -0.0652 e. The van der Waals surface area contributed by atoms with Crippen LogP contribution in [0.2, 0.25) is 0 Å². The lowest BCUT2D eigenvalue weighted by Gasteiger charge is -2.37. The number of hydrogen-bond acceptors (Lipinski definition) is 0. The van der Waals surface area contributed by atoms with Crippen LogP contribution < -0.4 is 5.22 Å². The van der Waals surface area contributed by atoms with Gasteiger partial charge in [0.15, 0.2) is 0 Å². The molecular weight excluding hydrogens is 364 g/mol. The van der Waals surface area contributed by atoms with Crippen molar-refractivity contribution in [2.75, 3.05) is 0 Å². The van der Waals surface area contributed by atoms with Gasteiger partial charge in [0.05, 0.1) is 5.41 Å². The first-order valence-electron chi connectivity index (χ1n) is 10.1. The van der Waals surface area contributed by atoms with Gasteiger partial charge < -0.3 is 0 Å². The molecule has 0 saturated heterocycles. The lowest BCUT2D eigenvalue weighted by molar-refractivity contribution is 0.833. The first-order valence-corrected chi connectivity index (χ1v) is 11.3. The number of rotatable bonds is 2. The molecule has 0 spiro atoms. The van der Waals surface area contributed by atoms with Crippen LogP contribution in [0.4, 0.5) is 0 Å². The molecule has 2 aliphatic rings. The maximum atomic E-state index is 2.41. The Kier molecular flexibility index (Phi) is 3.65. The summed E-state index contributed by atoms with van der Waals surface area (Å²) in [5, 5.41) is 5.53. The SMILES string of the molecule is C1=CC(c2ccccc2)(c2ccc3ccccc3c2)C2=c3ccccc3=[SiH]C2=C1. The zero-order chi connectivity index (χ0) is 19.3. The van der Waals surface area contributed by atoms with Crippen LogP contribution in [0.5, 0.6) is 0 Å². The van der Waals surface area contributed by atoms with E-state index in [9.17, 15) is 0 Å². The topological polar surface area (TPSA) is 0 Å². The van der Waals surface area contributed by atoms with E-state index >= 15 is 0 Å². The third-order valence-electron chi connectivity index (χ3n) is 6.28. The van der Waals surface area contributed by atoms with Crippen LogP contribution in [0.15, 0.2) is 120 Å². The molecule has 0 N–H and O–H groups in total. The quantitative estimate of drug-likeness (QED) is 0.420. The smallest absolute Gasteiger partial charge is 0.0643 e. The van der Waals surface area contributed by atoms with Crippen molar-refractivity contribution in [3.63, 3.8) is 0 Å². The van der Waals surface area contributed by atoms with Gasteiger partial charge >= 0.3 is 0 Å². The molecule has 4 aromatic carbocycles. The molecule has 0 fully saturated rings. The van der Waals surface area contributed by atoms with Crippen LogP contribution in [0.25, 0.3) is 16.3 Å². The van der Waals surface area contributed by atoms with E-state index in [-0.39, 0.29) is 14.5 Å². The minimum atomic E-state index is -0.255. The highest BCUT2D eigenvalue weighted by atomic mass is 28.2. The van der Waals surface area contributed by atoms with Gasteiger partial charge in [0, 0.05) is 9.13 Å². The van der Waals surface area contributed by atoms with Crippen LogP contribution in [-0.2, 0) is 5.41 Å². The van der Waals surface area contributed by atoms with Crippen molar-refractivity contribution >= 4 is 25.5 Å². The molecule has 0 aromatic heterocycles. The Hall–Kier alpha value is -3.29. The van der Waals surface area contributed by atoms with Crippen LogP contribution in [0, 0.1) is 4.81 Å². The van der Waals surface area contributed by atoms with Crippen molar-refractivity contribution < 1.29 is 0 Å². The van der Waals surface area contributed by atoms with Crippen molar-refractivity contribution in [2.24, 2.45) is 0 Å². The van der Waals surface area contributed by atoms with E-state index in [4.69, 9.17) is 0 Å². The fourth-order valence-electron chi connectivity index (χ4n) is 4.98. The molecule has 1 aliphatic carbocycles. The third kappa shape index (κ3) is 2.41. The standard InChI is InChI=1S/C28H20Si/c1-2-11-22(12-3-1)28(23-17-16-20-9-4-5-10-21(20)19-23)18-8-15-26-27(28)24-13-6-7-14-25(24)29-26/h1-19,29H. The molecule has 0 bridgehead atoms. The van der Waals surface area contributed by atoms with Gasteiger partial charge in [-0.25, -0.2) is 0 Å². The summed E-state index contributed by atoms with van der Waals surface area (Å²) < 4.78 is 0. The van der Waals surface area contributed by atoms with Crippen LogP contribution in [-0.4, -0.2) is 9.13 Å². The Bertz CT molecular complexity index is 1440. The van der Waals surface area contributed by atoms with Gasteiger partial charge in [-0.05, 0) is 48.8 Å². The molecule has 0 saturated carbocycles. The molecular formula is C28H20Si. The molecule has 1 unspecified atom stereocenters. The molecule has 0 radical (unpaired) electrons. The van der Waals surface area contributed by atoms with E-state index in [1.807, 2.05) is 0 Å². The van der Waals surface area contributed by atoms with E-state index in [0.29, 0.717) is 0 Å². The van der Waals surface area contributed by atoms with Gasteiger partial charge in [-0.1, -0.05) is 109 Å². The maximum absolute atomic E-state index is 2.41. The van der Waals surface area contributed by atoms with Gasteiger partial charge in [0.2, 0.25) is 0 Å². The maximum Gasteiger partial charge on any atom is 0.0643 e. The van der Waals surface area contributed by atoms with Gasteiger partial charge in [-0.15, -0.1) is 0 Å². The predicted octanol–water partition coefficient (Wildman–Crippen LogP) is 5.13. The number of benzene rings is 4. The van der Waals surface area contributed by atoms with E-state index in [1.54, 1.807) is 0 Å². The molecule has 1 atom stereocenters. The molecule has 1 aliphatic heterocycles. The van der Waals surface area contributed by atoms with Crippen molar-refractivity contribution in [1.82, 2.24) is 0 Å². The Morgan fingerprint density at radius 2 is 1.38 bits per heavy atom. The first kappa shape index (κ1) is 16.6. The number of fused-ring (bicyclic) bond motifs is 3. The Balaban J connectivity index is 1.76. The largest absolute Gasteiger partial charge is 0.0652 e. The van der Waals surface area contributed by atoms with Gasteiger partial charge in [0.25, 0.3) is 0 Å². The zero-order valence-electron chi connectivity index (χ0n) is 16.0. The summed E-state index contributed by atoms with van der Waals surface area (Å²) >= 11 is 0. The summed E-state index contributed by atoms with van der Waals surface area (Å²) in [5.74, 6) is 0. The third-order valence-corrected chi connectivity index (χ3v) is 7.89. The van der Waals surface area contributed by atoms with E-state index in [2.05, 4.69) is 115 Å². The van der Waals surface area contributed by atoms with Crippen molar-refractivity contribution in [3.05, 3.63) is 142 Å². The average Bonchev–Trinajstić information content (AvgIpc) is 3.18. The number of allylic oxidation sites excluding steroid dienone is 4. The second-order valence-electron chi connectivity index (χ2n) is 7.82. The highest BCUT2D eigenvalue weighted by Gasteiger charge is 2.39. The molecule has 1 heteroatoms. The fraction of sp³-hybridized carbons (Fsp3) is 0.0357. The Morgan fingerprint density at radius 1 is 0.621 bits per heavy atom. The Labute approximate surface area is 172 Å². The summed E-state index contributed by atoms with van der Waals surface area (Å²) in [6, 6.07) is 35.6. The van der Waals surface area contributed by atoms with Crippen molar-refractivity contribution in [3.8, 4) is 0 Å². The highest BCUT2D eigenvalue weighted by Crippen LogP contribution is 2.47. The van der Waals surface area contributed by atoms with E-state index in [0.717, 1.165) is 0 Å². The normalized spacial score (nSPS) is 19.4. The summed E-state index contributed by atoms with van der Waals surface area (Å²) in [6.07, 6.45) is 7.03. The van der Waals surface area contributed by atoms with Gasteiger partial charge in [-0.2, -0.15) is 0 Å². The second kappa shape index (κ2) is 6.37. The monoisotopic (exact) mass is 384 g/mol. The minimum absolute atomic E-state index is 0.136. The first-order chi connectivity index (χ1) is 14.4. The van der Waals surface area contributed by atoms with E-state index in [1.165, 1.54) is 42.7 Å². The molecule has 29 heavy (non-hydrogen) atoms. The lowest BCUT2D eigenvalue weighted by Crippen LogP contribution is -2.32. The molecule has 0 nitrogen and oxygen atoms in total. The van der Waals surface area contributed by atoms with Crippen LogP contribution in [0.1, 0.15) is 11.1 Å². The summed E-state index contributed by atoms with van der Waals surface area (Å²) in [5.41, 5.74) is 3.90.